The Morgan fingerprint density at radius 3 is 2.62 bits per heavy atom. The van der Waals surface area contributed by atoms with E-state index in [0.29, 0.717) is 18.5 Å². The highest BCUT2D eigenvalue weighted by molar-refractivity contribution is 8.14. The summed E-state index contributed by atoms with van der Waals surface area (Å²) in [5.74, 6) is 0.189. The summed E-state index contributed by atoms with van der Waals surface area (Å²) in [6.45, 7) is 4.58. The van der Waals surface area contributed by atoms with Crippen LogP contribution in [0.2, 0.25) is 0 Å². The van der Waals surface area contributed by atoms with E-state index in [0.717, 1.165) is 21.5 Å². The van der Waals surface area contributed by atoms with Crippen molar-refractivity contribution in [2.45, 2.75) is 31.8 Å². The number of esters is 1. The largest absolute Gasteiger partial charge is 0.497 e. The van der Waals surface area contributed by atoms with Gasteiger partial charge in [-0.3, -0.25) is 4.79 Å². The van der Waals surface area contributed by atoms with Gasteiger partial charge in [-0.15, -0.1) is 0 Å². The maximum Gasteiger partial charge on any atom is 0.343 e. The van der Waals surface area contributed by atoms with Crippen molar-refractivity contribution in [3.63, 3.8) is 0 Å². The summed E-state index contributed by atoms with van der Waals surface area (Å²) < 4.78 is 12.1. The number of carbonyl (C=O) groups is 1. The summed E-state index contributed by atoms with van der Waals surface area (Å²) in [6.07, 6.45) is 2.00. The van der Waals surface area contributed by atoms with Gasteiger partial charge in [0.15, 0.2) is 0 Å². The number of pyridine rings is 1. The van der Waals surface area contributed by atoms with Crippen molar-refractivity contribution in [1.82, 2.24) is 4.57 Å². The molecule has 0 N–H and O–H groups in total. The van der Waals surface area contributed by atoms with Crippen LogP contribution in [0, 0.1) is 0 Å². The Bertz CT molecular complexity index is 916. The molecule has 0 atom stereocenters. The van der Waals surface area contributed by atoms with Crippen LogP contribution in [-0.4, -0.2) is 29.3 Å². The molecule has 136 valence electrons. The Balaban J connectivity index is 1.96. The number of carbonyl (C=O) groups excluding carboxylic acids is 1. The second-order valence-electron chi connectivity index (χ2n) is 5.64. The molecule has 0 aliphatic carbocycles. The minimum absolute atomic E-state index is 0.0822. The van der Waals surface area contributed by atoms with Gasteiger partial charge in [-0.25, -0.2) is 9.79 Å². The lowest BCUT2D eigenvalue weighted by Gasteiger charge is -2.11. The van der Waals surface area contributed by atoms with Crippen molar-refractivity contribution < 1.29 is 14.3 Å². The monoisotopic (exact) mass is 372 g/mol. The molecule has 1 aromatic heterocycles. The van der Waals surface area contributed by atoms with Gasteiger partial charge in [0, 0.05) is 24.7 Å². The molecule has 0 bridgehead atoms. The molecule has 0 unspecified atom stereocenters. The first-order valence-corrected chi connectivity index (χ1v) is 9.21. The van der Waals surface area contributed by atoms with Crippen molar-refractivity contribution >= 4 is 28.5 Å². The van der Waals surface area contributed by atoms with Gasteiger partial charge in [0.1, 0.15) is 11.3 Å². The van der Waals surface area contributed by atoms with Crippen molar-refractivity contribution in [2.75, 3.05) is 13.7 Å². The Morgan fingerprint density at radius 1 is 1.27 bits per heavy atom. The maximum absolute atomic E-state index is 12.7. The van der Waals surface area contributed by atoms with Crippen LogP contribution in [-0.2, 0) is 17.7 Å². The zero-order chi connectivity index (χ0) is 18.7. The lowest BCUT2D eigenvalue weighted by molar-refractivity contribution is 0.0523. The van der Waals surface area contributed by atoms with Gasteiger partial charge in [-0.2, -0.15) is 0 Å². The normalized spacial score (nSPS) is 14.3. The van der Waals surface area contributed by atoms with Crippen LogP contribution in [0.3, 0.4) is 0 Å². The summed E-state index contributed by atoms with van der Waals surface area (Å²) in [6, 6.07) is 7.42. The van der Waals surface area contributed by atoms with Crippen LogP contribution in [0.4, 0.5) is 5.69 Å². The molecule has 26 heavy (non-hydrogen) atoms. The average Bonchev–Trinajstić information content (AvgIpc) is 3.07. The van der Waals surface area contributed by atoms with E-state index in [1.807, 2.05) is 35.8 Å². The van der Waals surface area contributed by atoms with E-state index in [1.54, 1.807) is 20.2 Å². The Labute approximate surface area is 155 Å². The van der Waals surface area contributed by atoms with Crippen LogP contribution in [0.1, 0.15) is 29.8 Å². The molecule has 7 heteroatoms. The van der Waals surface area contributed by atoms with Gasteiger partial charge in [0.2, 0.25) is 5.43 Å². The number of nitrogens with zero attached hydrogens (tertiary/aromatic N) is 2. The lowest BCUT2D eigenvalue weighted by Crippen LogP contribution is -2.23. The molecule has 1 aliphatic heterocycles. The Morgan fingerprint density at radius 2 is 2.00 bits per heavy atom. The van der Waals surface area contributed by atoms with Crippen LogP contribution in [0.25, 0.3) is 0 Å². The molecule has 2 heterocycles. The smallest absolute Gasteiger partial charge is 0.343 e. The molecule has 2 aromatic rings. The number of hydrogen-bond donors (Lipinski definition) is 0. The molecular weight excluding hydrogens is 352 g/mol. The number of thioether (sulfide) groups is 1. The fourth-order valence-electron chi connectivity index (χ4n) is 2.73. The van der Waals surface area contributed by atoms with E-state index in [1.165, 1.54) is 11.8 Å². The van der Waals surface area contributed by atoms with Gasteiger partial charge >= 0.3 is 5.97 Å². The zero-order valence-electron chi connectivity index (χ0n) is 14.9. The molecule has 3 rings (SSSR count). The first kappa shape index (κ1) is 18.3. The number of aryl methyl sites for hydroxylation is 1. The number of aliphatic imine (C=N–C) groups is 1. The highest BCUT2D eigenvalue weighted by atomic mass is 32.2. The number of hydrogen-bond acceptors (Lipinski definition) is 6. The second kappa shape index (κ2) is 7.78. The third kappa shape index (κ3) is 3.53. The fourth-order valence-corrected chi connectivity index (χ4v) is 3.91. The van der Waals surface area contributed by atoms with E-state index < -0.39 is 5.97 Å². The Hall–Kier alpha value is -2.54. The SMILES string of the molecule is CCOC(=O)c1cn(CC)c2c(c1=O)C/C(=N\c1ccc(OC)cc1)S2. The first-order valence-electron chi connectivity index (χ1n) is 8.40. The third-order valence-electron chi connectivity index (χ3n) is 4.03. The van der Waals surface area contributed by atoms with Crippen molar-refractivity contribution in [1.29, 1.82) is 0 Å². The molecule has 6 nitrogen and oxygen atoms in total. The lowest BCUT2D eigenvalue weighted by atomic mass is 10.1. The fraction of sp³-hybridized carbons (Fsp3) is 0.316. The first-order chi connectivity index (χ1) is 12.6. The van der Waals surface area contributed by atoms with Crippen LogP contribution in [0.5, 0.6) is 5.75 Å². The highest BCUT2D eigenvalue weighted by Gasteiger charge is 2.27. The maximum atomic E-state index is 12.7. The molecule has 0 saturated carbocycles. The van der Waals surface area contributed by atoms with E-state index in [4.69, 9.17) is 9.47 Å². The molecule has 0 amide bonds. The minimum Gasteiger partial charge on any atom is -0.497 e. The molecule has 0 spiro atoms. The van der Waals surface area contributed by atoms with Crippen LogP contribution < -0.4 is 10.2 Å². The van der Waals surface area contributed by atoms with Gasteiger partial charge in [-0.1, -0.05) is 11.8 Å². The average molecular weight is 372 g/mol. The van der Waals surface area contributed by atoms with E-state index in [-0.39, 0.29) is 17.6 Å². The molecular formula is C19H20N2O4S. The quantitative estimate of drug-likeness (QED) is 0.752. The van der Waals surface area contributed by atoms with Gasteiger partial charge < -0.3 is 14.0 Å². The summed E-state index contributed by atoms with van der Waals surface area (Å²) in [7, 11) is 1.62. The Kier molecular flexibility index (Phi) is 5.46. The summed E-state index contributed by atoms with van der Waals surface area (Å²) >= 11 is 1.47. The predicted octanol–water partition coefficient (Wildman–Crippen LogP) is 3.43. The standard InChI is InChI=1S/C19H20N2O4S/c1-4-21-11-15(19(23)25-5-2)17(22)14-10-16(26-18(14)21)20-12-6-8-13(24-3)9-7-12/h6-9,11H,4-5,10H2,1-3H3/b20-16+. The van der Waals surface area contributed by atoms with Crippen molar-refractivity contribution in [2.24, 2.45) is 4.99 Å². The number of rotatable bonds is 5. The van der Waals surface area contributed by atoms with Crippen LogP contribution >= 0.6 is 11.8 Å². The van der Waals surface area contributed by atoms with Gasteiger partial charge in [0.05, 0.1) is 29.5 Å². The molecule has 1 aromatic carbocycles. The molecule has 0 radical (unpaired) electrons. The van der Waals surface area contributed by atoms with Crippen molar-refractivity contribution in [3.8, 4) is 5.75 Å². The van der Waals surface area contributed by atoms with Gasteiger partial charge in [0.25, 0.3) is 0 Å². The summed E-state index contributed by atoms with van der Waals surface area (Å²) in [5, 5.41) is 1.67. The number of ether oxygens (including phenoxy) is 2. The number of methoxy groups -OCH3 is 1. The zero-order valence-corrected chi connectivity index (χ0v) is 15.8. The number of benzene rings is 1. The van der Waals surface area contributed by atoms with Crippen molar-refractivity contribution in [3.05, 3.63) is 51.8 Å². The molecule has 1 aliphatic rings. The second-order valence-corrected chi connectivity index (χ2v) is 6.71. The topological polar surface area (TPSA) is 69.9 Å². The number of fused-ring (bicyclic) bond motifs is 1. The predicted molar refractivity (Wildman–Crippen MR) is 102 cm³/mol. The highest BCUT2D eigenvalue weighted by Crippen LogP contribution is 2.34. The summed E-state index contributed by atoms with van der Waals surface area (Å²) in [5.41, 5.74) is 1.21. The number of aromatic nitrogens is 1. The van der Waals surface area contributed by atoms with Gasteiger partial charge in [-0.05, 0) is 38.1 Å². The van der Waals surface area contributed by atoms with Crippen LogP contribution in [0.15, 0.2) is 45.3 Å². The third-order valence-corrected chi connectivity index (χ3v) is 5.17. The van der Waals surface area contributed by atoms with E-state index in [9.17, 15) is 9.59 Å². The van der Waals surface area contributed by atoms with E-state index in [2.05, 4.69) is 4.99 Å². The summed E-state index contributed by atoms with van der Waals surface area (Å²) in [4.78, 5) is 29.4. The molecule has 0 saturated heterocycles. The van der Waals surface area contributed by atoms with E-state index >= 15 is 0 Å². The molecule has 0 fully saturated rings. The minimum atomic E-state index is -0.576.